The van der Waals surface area contributed by atoms with Crippen LogP contribution >= 0.6 is 0 Å². The van der Waals surface area contributed by atoms with Gasteiger partial charge in [-0.2, -0.15) is 5.54 Å². The average Bonchev–Trinajstić information content (AvgIpc) is 1.83. The summed E-state index contributed by atoms with van der Waals surface area (Å²) in [5.74, 6) is -0.991. The molecule has 1 saturated carbocycles. The van der Waals surface area contributed by atoms with Crippen LogP contribution in [0.2, 0.25) is 0 Å². The van der Waals surface area contributed by atoms with E-state index in [0.29, 0.717) is 0 Å². The molecule has 0 aromatic heterocycles. The summed E-state index contributed by atoms with van der Waals surface area (Å²) in [5.41, 5.74) is 4.62. The summed E-state index contributed by atoms with van der Waals surface area (Å²) in [6, 6.07) is -0.178. The molecule has 5 heteroatoms. The van der Waals surface area contributed by atoms with Crippen LogP contribution in [0.5, 0.6) is 0 Å². The van der Waals surface area contributed by atoms with Gasteiger partial charge in [-0.25, -0.2) is 0 Å². The summed E-state index contributed by atoms with van der Waals surface area (Å²) in [7, 11) is 0. The molecule has 1 rings (SSSR count). The van der Waals surface area contributed by atoms with E-state index >= 15 is 0 Å². The Kier molecular flexibility index (Phi) is 1.61. The molecule has 0 aromatic carbocycles. The molecule has 0 unspecified atom stereocenters. The van der Waals surface area contributed by atoms with Crippen LogP contribution in [0.1, 0.15) is 12.8 Å². The maximum atomic E-state index is 11.4. The molecule has 1 amide bonds. The van der Waals surface area contributed by atoms with Crippen LogP contribution in [0, 0.1) is 0 Å². The Morgan fingerprint density at radius 2 is 2.30 bits per heavy atom. The van der Waals surface area contributed by atoms with Gasteiger partial charge >= 0.3 is 0 Å². The van der Waals surface area contributed by atoms with E-state index in [0.717, 1.165) is 5.54 Å². The molecule has 0 saturated heterocycles. The summed E-state index contributed by atoms with van der Waals surface area (Å²) < 4.78 is 11.4. The van der Waals surface area contributed by atoms with Crippen molar-refractivity contribution in [2.24, 2.45) is 5.73 Å². The molecule has 1 aliphatic carbocycles. The third-order valence-corrected chi connectivity index (χ3v) is 1.71. The van der Waals surface area contributed by atoms with E-state index in [1.54, 1.807) is 0 Å². The number of carbonyl (C=O) groups excluding carboxylic acids is 1. The van der Waals surface area contributed by atoms with E-state index in [1.165, 1.54) is 0 Å². The van der Waals surface area contributed by atoms with Gasteiger partial charge in [-0.05, 0) is 0 Å². The number of halogens is 1. The highest BCUT2D eigenvalue weighted by Crippen LogP contribution is 2.30. The molecule has 10 heavy (non-hydrogen) atoms. The highest BCUT2D eigenvalue weighted by atomic mass is 19.2. The summed E-state index contributed by atoms with van der Waals surface area (Å²) >= 11 is 0. The lowest BCUT2D eigenvalue weighted by atomic mass is 9.76. The summed E-state index contributed by atoms with van der Waals surface area (Å²) in [4.78, 5) is 10.5. The number of rotatable bonds is 1. The van der Waals surface area contributed by atoms with Gasteiger partial charge in [0.25, 0.3) is 5.91 Å². The van der Waals surface area contributed by atoms with Crippen molar-refractivity contribution in [1.29, 1.82) is 0 Å². The van der Waals surface area contributed by atoms with Gasteiger partial charge in [-0.15, -0.1) is 4.48 Å². The molecule has 0 bridgehead atoms. The second kappa shape index (κ2) is 2.17. The smallest absolute Gasteiger partial charge is 0.279 e. The average molecular weight is 148 g/mol. The summed E-state index contributed by atoms with van der Waals surface area (Å²) in [6.45, 7) is 0. The Bertz CT molecular complexity index is 156. The van der Waals surface area contributed by atoms with Gasteiger partial charge in [0.2, 0.25) is 0 Å². The molecular formula is C5H9FN2O2. The molecule has 0 atom stereocenters. The fourth-order valence-electron chi connectivity index (χ4n) is 1.08. The van der Waals surface area contributed by atoms with E-state index in [2.05, 4.69) is 0 Å². The zero-order chi connectivity index (χ0) is 7.78. The van der Waals surface area contributed by atoms with E-state index in [4.69, 9.17) is 10.8 Å². The van der Waals surface area contributed by atoms with Crippen LogP contribution in [0.3, 0.4) is 0 Å². The second-order valence-corrected chi connectivity index (χ2v) is 2.62. The standard InChI is InChI=1S/C5H9FN2O2/c6-8-4(9)5(10)1-3(7)2-5/h3,10H,1-2,7H2,(H,8,9). The molecule has 58 valence electrons. The molecule has 0 radical (unpaired) electrons. The van der Waals surface area contributed by atoms with Crippen molar-refractivity contribution in [3.63, 3.8) is 0 Å². The summed E-state index contributed by atoms with van der Waals surface area (Å²) in [5, 5.41) is 9.12. The molecule has 1 fully saturated rings. The largest absolute Gasteiger partial charge is 0.380 e. The fraction of sp³-hybridized carbons (Fsp3) is 0.800. The van der Waals surface area contributed by atoms with Crippen molar-refractivity contribution in [2.75, 3.05) is 0 Å². The van der Waals surface area contributed by atoms with Gasteiger partial charge in [-0.3, -0.25) is 4.79 Å². The number of carbonyl (C=O) groups is 1. The molecule has 0 aromatic rings. The van der Waals surface area contributed by atoms with Crippen molar-refractivity contribution in [2.45, 2.75) is 24.5 Å². The lowest BCUT2D eigenvalue weighted by Crippen LogP contribution is -2.59. The van der Waals surface area contributed by atoms with Gasteiger partial charge in [0.1, 0.15) is 5.60 Å². The minimum absolute atomic E-state index is 0.142. The van der Waals surface area contributed by atoms with Crippen LogP contribution in [0.25, 0.3) is 0 Å². The highest BCUT2D eigenvalue weighted by molar-refractivity contribution is 5.85. The van der Waals surface area contributed by atoms with Crippen LogP contribution in [-0.2, 0) is 4.79 Å². The van der Waals surface area contributed by atoms with Crippen molar-refractivity contribution in [3.8, 4) is 0 Å². The van der Waals surface area contributed by atoms with Crippen molar-refractivity contribution >= 4 is 5.91 Å². The molecule has 0 spiro atoms. The zero-order valence-corrected chi connectivity index (χ0v) is 5.30. The van der Waals surface area contributed by atoms with Crippen LogP contribution in [0.4, 0.5) is 4.48 Å². The molecule has 0 aliphatic heterocycles. The summed E-state index contributed by atoms with van der Waals surface area (Å²) in [6.07, 6.45) is 0.283. The highest BCUT2D eigenvalue weighted by Gasteiger charge is 2.47. The van der Waals surface area contributed by atoms with E-state index in [1.807, 2.05) is 0 Å². The van der Waals surface area contributed by atoms with E-state index < -0.39 is 11.5 Å². The first-order chi connectivity index (χ1) is 4.58. The van der Waals surface area contributed by atoms with Crippen LogP contribution in [0.15, 0.2) is 0 Å². The minimum Gasteiger partial charge on any atom is -0.380 e. The number of nitrogens with one attached hydrogen (secondary N) is 1. The number of aliphatic hydroxyl groups is 1. The van der Waals surface area contributed by atoms with Crippen LogP contribution in [-0.4, -0.2) is 22.7 Å². The third kappa shape index (κ3) is 0.975. The van der Waals surface area contributed by atoms with Crippen molar-refractivity contribution in [3.05, 3.63) is 0 Å². The molecule has 4 N–H and O–H groups in total. The molecule has 4 nitrogen and oxygen atoms in total. The Morgan fingerprint density at radius 1 is 1.80 bits per heavy atom. The quantitative estimate of drug-likeness (QED) is 0.410. The topological polar surface area (TPSA) is 75.3 Å². The first kappa shape index (κ1) is 7.43. The SMILES string of the molecule is NC1CC(O)(C(=O)NF)C1. The van der Waals surface area contributed by atoms with Gasteiger partial charge in [0, 0.05) is 18.9 Å². The van der Waals surface area contributed by atoms with Gasteiger partial charge < -0.3 is 10.8 Å². The normalized spacial score (nSPS) is 38.5. The lowest BCUT2D eigenvalue weighted by molar-refractivity contribution is -0.155. The predicted octanol–water partition coefficient (Wildman–Crippen LogP) is -1.16. The maximum Gasteiger partial charge on any atom is 0.279 e. The Balaban J connectivity index is 2.48. The molecule has 0 heterocycles. The lowest BCUT2D eigenvalue weighted by Gasteiger charge is -2.38. The van der Waals surface area contributed by atoms with Gasteiger partial charge in [0.05, 0.1) is 0 Å². The number of amides is 1. The van der Waals surface area contributed by atoms with Gasteiger partial charge in [0.15, 0.2) is 0 Å². The number of hydrogen-bond acceptors (Lipinski definition) is 3. The van der Waals surface area contributed by atoms with Crippen LogP contribution < -0.4 is 11.3 Å². The number of nitrogens with two attached hydrogens (primary N) is 1. The monoisotopic (exact) mass is 148 g/mol. The van der Waals surface area contributed by atoms with Crippen molar-refractivity contribution in [1.82, 2.24) is 5.54 Å². The first-order valence-corrected chi connectivity index (χ1v) is 2.97. The van der Waals surface area contributed by atoms with E-state index in [9.17, 15) is 9.28 Å². The minimum atomic E-state index is -1.55. The zero-order valence-electron chi connectivity index (χ0n) is 5.30. The first-order valence-electron chi connectivity index (χ1n) is 2.97. The fourth-order valence-corrected chi connectivity index (χ4v) is 1.08. The Morgan fingerprint density at radius 3 is 2.60 bits per heavy atom. The second-order valence-electron chi connectivity index (χ2n) is 2.62. The van der Waals surface area contributed by atoms with Gasteiger partial charge in [-0.1, -0.05) is 0 Å². The molecule has 1 aliphatic rings. The Labute approximate surface area is 57.1 Å². The third-order valence-electron chi connectivity index (χ3n) is 1.71. The van der Waals surface area contributed by atoms with Crippen molar-refractivity contribution < 1.29 is 14.4 Å². The molecular weight excluding hydrogens is 139 g/mol. The van der Waals surface area contributed by atoms with E-state index in [-0.39, 0.29) is 18.9 Å². The Hall–Kier alpha value is -0.680. The maximum absolute atomic E-state index is 11.4. The number of hydrogen-bond donors (Lipinski definition) is 3. The predicted molar refractivity (Wildman–Crippen MR) is 31.4 cm³/mol.